The van der Waals surface area contributed by atoms with Crippen molar-refractivity contribution in [3.8, 4) is 0 Å². The molecule has 0 atom stereocenters. The van der Waals surface area contributed by atoms with E-state index in [9.17, 15) is 18.5 Å². The third-order valence-corrected chi connectivity index (χ3v) is 10.9. The van der Waals surface area contributed by atoms with Crippen molar-refractivity contribution >= 4 is 63.5 Å². The van der Waals surface area contributed by atoms with Crippen LogP contribution < -0.4 is 16.4 Å². The second kappa shape index (κ2) is 13.5. The number of hydrogen-bond acceptors (Lipinski definition) is 10. The Hall–Kier alpha value is -2.78. The molecule has 16 heteroatoms. The summed E-state index contributed by atoms with van der Waals surface area (Å²) < 4.78 is 30.3. The van der Waals surface area contributed by atoms with Crippen molar-refractivity contribution in [2.24, 2.45) is 5.73 Å². The van der Waals surface area contributed by atoms with Crippen molar-refractivity contribution in [2.75, 3.05) is 23.7 Å². The fourth-order valence-corrected chi connectivity index (χ4v) is 8.22. The van der Waals surface area contributed by atoms with E-state index < -0.39 is 14.9 Å². The van der Waals surface area contributed by atoms with E-state index in [1.165, 1.54) is 41.4 Å². The summed E-state index contributed by atoms with van der Waals surface area (Å²) in [5.41, 5.74) is 13.9. The molecule has 6 rings (SSSR count). The number of halogens is 2. The standard InChI is InChI=1S/C27H37N9O4S.2ClH/c28-18-5-7-20(8-6-18)35(27-31-25(29)24-26(32-27)34(17-30-24)19-3-1-2-4-19)21-13-15-33(16-14-21)41(39,40)23-11-9-22(10-12-23)36(37)38;;/h9-12,17-21H,1-8,13-16,28H2,(H2,29,31,32);2*1H. The number of hydrogen-bond donors (Lipinski definition) is 2. The first kappa shape index (κ1) is 33.1. The van der Waals surface area contributed by atoms with Crippen molar-refractivity contribution in [3.05, 3.63) is 40.7 Å². The van der Waals surface area contributed by atoms with E-state index in [2.05, 4.69) is 14.5 Å². The number of piperidine rings is 1. The molecular weight excluding hydrogens is 617 g/mol. The summed E-state index contributed by atoms with van der Waals surface area (Å²) in [6, 6.07) is 5.80. The Balaban J connectivity index is 0.00000212. The Morgan fingerprint density at radius 2 is 1.51 bits per heavy atom. The molecule has 2 aromatic heterocycles. The molecule has 1 aromatic carbocycles. The molecule has 4 N–H and O–H groups in total. The van der Waals surface area contributed by atoms with E-state index in [1.807, 2.05) is 6.33 Å². The Bertz CT molecular complexity index is 1520. The van der Waals surface area contributed by atoms with E-state index in [0.29, 0.717) is 49.3 Å². The van der Waals surface area contributed by atoms with Crippen LogP contribution in [0, 0.1) is 10.1 Å². The van der Waals surface area contributed by atoms with E-state index >= 15 is 0 Å². The van der Waals surface area contributed by atoms with Gasteiger partial charge in [0.05, 0.1) is 16.1 Å². The van der Waals surface area contributed by atoms with Crippen LogP contribution in [-0.4, -0.2) is 68.4 Å². The lowest BCUT2D eigenvalue weighted by Gasteiger charge is -2.44. The number of anilines is 2. The Kier molecular flexibility index (Phi) is 10.4. The lowest BCUT2D eigenvalue weighted by molar-refractivity contribution is -0.384. The summed E-state index contributed by atoms with van der Waals surface area (Å²) in [7, 11) is -3.78. The molecule has 236 valence electrons. The minimum atomic E-state index is -3.78. The summed E-state index contributed by atoms with van der Waals surface area (Å²) in [5.74, 6) is 0.935. The van der Waals surface area contributed by atoms with Gasteiger partial charge >= 0.3 is 0 Å². The Morgan fingerprint density at radius 3 is 2.12 bits per heavy atom. The zero-order valence-corrected chi connectivity index (χ0v) is 26.3. The van der Waals surface area contributed by atoms with Crippen LogP contribution in [0.15, 0.2) is 35.5 Å². The van der Waals surface area contributed by atoms with Gasteiger partial charge in [0, 0.05) is 49.4 Å². The first-order valence-electron chi connectivity index (χ1n) is 14.5. The molecule has 0 bridgehead atoms. The average molecular weight is 657 g/mol. The van der Waals surface area contributed by atoms with Gasteiger partial charge in [-0.2, -0.15) is 14.3 Å². The second-order valence-electron chi connectivity index (χ2n) is 11.5. The molecule has 1 aliphatic heterocycles. The molecule has 0 amide bonds. The number of nitrogens with two attached hydrogens (primary N) is 2. The van der Waals surface area contributed by atoms with Crippen molar-refractivity contribution in [1.82, 2.24) is 23.8 Å². The van der Waals surface area contributed by atoms with Crippen molar-refractivity contribution in [3.63, 3.8) is 0 Å². The number of rotatable bonds is 7. The molecule has 3 fully saturated rings. The maximum atomic E-state index is 13.4. The van der Waals surface area contributed by atoms with Crippen LogP contribution in [0.4, 0.5) is 17.5 Å². The van der Waals surface area contributed by atoms with Gasteiger partial charge in [0.15, 0.2) is 11.5 Å². The van der Waals surface area contributed by atoms with Crippen LogP contribution in [-0.2, 0) is 10.0 Å². The number of fused-ring (bicyclic) bond motifs is 1. The van der Waals surface area contributed by atoms with Gasteiger partial charge in [-0.25, -0.2) is 13.4 Å². The summed E-state index contributed by atoms with van der Waals surface area (Å²) in [6.45, 7) is 0.648. The third kappa shape index (κ3) is 6.53. The molecule has 0 unspecified atom stereocenters. The number of imidazole rings is 1. The van der Waals surface area contributed by atoms with Gasteiger partial charge in [0.25, 0.3) is 5.69 Å². The van der Waals surface area contributed by atoms with Crippen LogP contribution in [0.2, 0.25) is 0 Å². The van der Waals surface area contributed by atoms with Crippen molar-refractivity contribution in [2.45, 2.75) is 93.3 Å². The molecule has 2 saturated carbocycles. The lowest BCUT2D eigenvalue weighted by atomic mass is 9.89. The van der Waals surface area contributed by atoms with E-state index in [-0.39, 0.29) is 53.5 Å². The molecule has 13 nitrogen and oxygen atoms in total. The summed E-state index contributed by atoms with van der Waals surface area (Å²) in [6.07, 6.45) is 11.2. The highest BCUT2D eigenvalue weighted by atomic mass is 35.5. The first-order chi connectivity index (χ1) is 19.7. The Labute approximate surface area is 263 Å². The Morgan fingerprint density at radius 1 is 0.907 bits per heavy atom. The fourth-order valence-electron chi connectivity index (χ4n) is 6.75. The summed E-state index contributed by atoms with van der Waals surface area (Å²) in [4.78, 5) is 27.2. The number of nitro benzene ring substituents is 1. The number of nitrogens with zero attached hydrogens (tertiary/aromatic N) is 7. The fraction of sp³-hybridized carbons (Fsp3) is 0.593. The number of sulfonamides is 1. The van der Waals surface area contributed by atoms with Gasteiger partial charge in [0.1, 0.15) is 5.52 Å². The summed E-state index contributed by atoms with van der Waals surface area (Å²) in [5, 5.41) is 11.0. The smallest absolute Gasteiger partial charge is 0.269 e. The monoisotopic (exact) mass is 655 g/mol. The molecule has 0 radical (unpaired) electrons. The van der Waals surface area contributed by atoms with Crippen LogP contribution in [0.1, 0.15) is 70.3 Å². The topological polar surface area (TPSA) is 179 Å². The highest BCUT2D eigenvalue weighted by molar-refractivity contribution is 7.89. The number of non-ortho nitro benzene ring substituents is 1. The van der Waals surface area contributed by atoms with Gasteiger partial charge in [-0.05, 0) is 63.5 Å². The van der Waals surface area contributed by atoms with Gasteiger partial charge in [-0.15, -0.1) is 24.8 Å². The maximum Gasteiger partial charge on any atom is 0.269 e. The summed E-state index contributed by atoms with van der Waals surface area (Å²) >= 11 is 0. The molecule has 0 spiro atoms. The maximum absolute atomic E-state index is 13.4. The van der Waals surface area contributed by atoms with E-state index in [4.69, 9.17) is 21.4 Å². The normalized spacial score (nSPS) is 22.2. The predicted octanol–water partition coefficient (Wildman–Crippen LogP) is 4.21. The van der Waals surface area contributed by atoms with Gasteiger partial charge in [0.2, 0.25) is 16.0 Å². The minimum Gasteiger partial charge on any atom is -0.382 e. The van der Waals surface area contributed by atoms with Crippen LogP contribution >= 0.6 is 24.8 Å². The minimum absolute atomic E-state index is 0. The van der Waals surface area contributed by atoms with Gasteiger partial charge in [-0.1, -0.05) is 12.8 Å². The molecular formula is C27H39Cl2N9O4S. The lowest BCUT2D eigenvalue weighted by Crippen LogP contribution is -2.52. The molecule has 3 aromatic rings. The van der Waals surface area contributed by atoms with Crippen molar-refractivity contribution < 1.29 is 13.3 Å². The largest absolute Gasteiger partial charge is 0.382 e. The van der Waals surface area contributed by atoms with Crippen LogP contribution in [0.3, 0.4) is 0 Å². The highest BCUT2D eigenvalue weighted by Crippen LogP contribution is 2.36. The quantitative estimate of drug-likeness (QED) is 0.276. The number of nitro groups is 1. The third-order valence-electron chi connectivity index (χ3n) is 9.02. The van der Waals surface area contributed by atoms with Crippen LogP contribution in [0.25, 0.3) is 11.2 Å². The molecule has 2 aliphatic carbocycles. The van der Waals surface area contributed by atoms with Crippen LogP contribution in [0.5, 0.6) is 0 Å². The molecule has 1 saturated heterocycles. The molecule has 3 aliphatic rings. The van der Waals surface area contributed by atoms with E-state index in [1.54, 1.807) is 0 Å². The van der Waals surface area contributed by atoms with Crippen molar-refractivity contribution in [1.29, 1.82) is 0 Å². The highest BCUT2D eigenvalue weighted by Gasteiger charge is 2.37. The average Bonchev–Trinajstić information content (AvgIpc) is 3.65. The van der Waals surface area contributed by atoms with Gasteiger partial charge < -0.3 is 20.9 Å². The van der Waals surface area contributed by atoms with E-state index in [0.717, 1.165) is 44.2 Å². The second-order valence-corrected chi connectivity index (χ2v) is 13.5. The number of benzene rings is 1. The molecule has 3 heterocycles. The van der Waals surface area contributed by atoms with Gasteiger partial charge in [-0.3, -0.25) is 10.1 Å². The molecule has 43 heavy (non-hydrogen) atoms. The number of nitrogen functional groups attached to an aromatic ring is 1. The zero-order chi connectivity index (χ0) is 28.7. The first-order valence-corrected chi connectivity index (χ1v) is 15.9. The SMILES string of the molecule is Cl.Cl.Nc1nc(N(C2CCC(N)CC2)C2CCN(S(=O)(=O)c3ccc([N+](=O)[O-])cc3)CC2)nc2c1ncn2C1CCCC1. The zero-order valence-electron chi connectivity index (χ0n) is 23.8. The number of aromatic nitrogens is 4. The predicted molar refractivity (Wildman–Crippen MR) is 169 cm³/mol.